The number of benzene rings is 9. The van der Waals surface area contributed by atoms with Gasteiger partial charge >= 0.3 is 0 Å². The van der Waals surface area contributed by atoms with Gasteiger partial charge in [0.05, 0.1) is 11.0 Å². The molecule has 0 aliphatic carbocycles. The summed E-state index contributed by atoms with van der Waals surface area (Å²) in [6.45, 7) is 0. The Balaban J connectivity index is 1.11. The molecule has 0 spiro atoms. The standard InChI is InChI=1S/C57H36N4S/c1-4-16-37(17-5-1)40-22-14-24-42(32-40)55-58-56(43-25-15-23-41(33-43)38-18-6-2-7-19-38)60-57(59-55)45-34-44(39-20-8-3-9-21-39)35-46(36-45)61-50-28-12-10-27-49(50)53-51(61)31-30-48-47-26-11-13-29-52(47)62-54(48)53/h1-36H. The van der Waals surface area contributed by atoms with Crippen LogP contribution in [0, 0.1) is 0 Å². The zero-order valence-corrected chi connectivity index (χ0v) is 34.3. The highest BCUT2D eigenvalue weighted by molar-refractivity contribution is 7.26. The smallest absolute Gasteiger partial charge is 0.164 e. The summed E-state index contributed by atoms with van der Waals surface area (Å²) < 4.78 is 5.02. The number of hydrogen-bond donors (Lipinski definition) is 0. The van der Waals surface area contributed by atoms with Crippen molar-refractivity contribution in [3.63, 3.8) is 0 Å². The molecule has 0 fully saturated rings. The van der Waals surface area contributed by atoms with Crippen molar-refractivity contribution >= 4 is 53.3 Å². The van der Waals surface area contributed by atoms with Crippen LogP contribution in [0.3, 0.4) is 0 Å². The summed E-state index contributed by atoms with van der Waals surface area (Å²) in [5, 5.41) is 5.09. The van der Waals surface area contributed by atoms with E-state index in [1.807, 2.05) is 23.5 Å². The zero-order chi connectivity index (χ0) is 41.0. The quantitative estimate of drug-likeness (QED) is 0.161. The van der Waals surface area contributed by atoms with E-state index < -0.39 is 0 Å². The Morgan fingerprint density at radius 2 is 0.774 bits per heavy atom. The molecule has 12 aromatic rings. The van der Waals surface area contributed by atoms with Crippen molar-refractivity contribution in [2.75, 3.05) is 0 Å². The van der Waals surface area contributed by atoms with Crippen molar-refractivity contribution < 1.29 is 0 Å². The maximum atomic E-state index is 5.33. The minimum atomic E-state index is 0.604. The third-order valence-electron chi connectivity index (χ3n) is 11.8. The van der Waals surface area contributed by atoms with E-state index in [1.54, 1.807) is 0 Å². The van der Waals surface area contributed by atoms with Crippen molar-refractivity contribution in [3.05, 3.63) is 218 Å². The predicted molar refractivity (Wildman–Crippen MR) is 260 cm³/mol. The van der Waals surface area contributed by atoms with Crippen molar-refractivity contribution in [1.82, 2.24) is 19.5 Å². The number of nitrogens with zero attached hydrogens (tertiary/aromatic N) is 4. The zero-order valence-electron chi connectivity index (χ0n) is 33.5. The maximum Gasteiger partial charge on any atom is 0.164 e. The molecule has 3 heterocycles. The molecule has 12 rings (SSSR count). The van der Waals surface area contributed by atoms with Crippen LogP contribution in [0.15, 0.2) is 218 Å². The summed E-state index contributed by atoms with van der Waals surface area (Å²) in [5.41, 5.74) is 12.8. The Kier molecular flexibility index (Phi) is 8.65. The van der Waals surface area contributed by atoms with Gasteiger partial charge in [0.25, 0.3) is 0 Å². The van der Waals surface area contributed by atoms with Crippen molar-refractivity contribution in [3.8, 4) is 73.2 Å². The molecule has 0 N–H and O–H groups in total. The van der Waals surface area contributed by atoms with Gasteiger partial charge in [0, 0.05) is 53.3 Å². The van der Waals surface area contributed by atoms with E-state index in [0.29, 0.717) is 17.5 Å². The molecule has 0 saturated heterocycles. The Morgan fingerprint density at radius 3 is 1.40 bits per heavy atom. The molecule has 0 radical (unpaired) electrons. The molecule has 5 heteroatoms. The topological polar surface area (TPSA) is 43.6 Å². The van der Waals surface area contributed by atoms with Crippen molar-refractivity contribution in [2.24, 2.45) is 0 Å². The first-order chi connectivity index (χ1) is 30.7. The van der Waals surface area contributed by atoms with Gasteiger partial charge in [-0.25, -0.2) is 15.0 Å². The Morgan fingerprint density at radius 1 is 0.306 bits per heavy atom. The van der Waals surface area contributed by atoms with Crippen LogP contribution < -0.4 is 0 Å². The van der Waals surface area contributed by atoms with E-state index in [2.05, 4.69) is 211 Å². The second-order valence-corrected chi connectivity index (χ2v) is 16.7. The fourth-order valence-corrected chi connectivity index (χ4v) is 10.1. The van der Waals surface area contributed by atoms with Gasteiger partial charge in [-0.05, 0) is 81.9 Å². The number of hydrogen-bond acceptors (Lipinski definition) is 4. The molecule has 3 aromatic heterocycles. The molecular formula is C57H36N4S. The predicted octanol–water partition coefficient (Wildman–Crippen LogP) is 15.3. The van der Waals surface area contributed by atoms with E-state index in [4.69, 9.17) is 15.0 Å². The van der Waals surface area contributed by atoms with Gasteiger partial charge in [-0.15, -0.1) is 11.3 Å². The highest BCUT2D eigenvalue weighted by Crippen LogP contribution is 2.44. The Labute approximate surface area is 362 Å². The monoisotopic (exact) mass is 808 g/mol. The molecule has 62 heavy (non-hydrogen) atoms. The number of fused-ring (bicyclic) bond motifs is 7. The molecule has 0 amide bonds. The SMILES string of the molecule is c1ccc(-c2cccc(-c3nc(-c4cccc(-c5ccccc5)c4)nc(-c4cc(-c5ccccc5)cc(-n5c6ccccc6c6c7sc8ccccc8c7ccc65)c4)n3)c2)cc1. The minimum Gasteiger partial charge on any atom is -0.309 e. The van der Waals surface area contributed by atoms with Gasteiger partial charge in [-0.3, -0.25) is 0 Å². The maximum absolute atomic E-state index is 5.33. The summed E-state index contributed by atoms with van der Waals surface area (Å²) in [7, 11) is 0. The first kappa shape index (κ1) is 35.9. The third-order valence-corrected chi connectivity index (χ3v) is 13.0. The van der Waals surface area contributed by atoms with Crippen LogP contribution in [0.4, 0.5) is 0 Å². The lowest BCUT2D eigenvalue weighted by molar-refractivity contribution is 1.07. The molecule has 4 nitrogen and oxygen atoms in total. The van der Waals surface area contributed by atoms with Gasteiger partial charge < -0.3 is 4.57 Å². The van der Waals surface area contributed by atoms with Crippen LogP contribution >= 0.6 is 11.3 Å². The molecule has 0 bridgehead atoms. The lowest BCUT2D eigenvalue weighted by Crippen LogP contribution is -2.02. The van der Waals surface area contributed by atoms with Gasteiger partial charge in [0.1, 0.15) is 0 Å². The van der Waals surface area contributed by atoms with Crippen LogP contribution in [0.25, 0.3) is 115 Å². The lowest BCUT2D eigenvalue weighted by Gasteiger charge is -2.15. The summed E-state index contributed by atoms with van der Waals surface area (Å²) in [4.78, 5) is 15.9. The molecule has 0 saturated carbocycles. The Bertz CT molecular complexity index is 3530. The molecule has 0 unspecified atom stereocenters. The fourth-order valence-electron chi connectivity index (χ4n) is 8.88. The largest absolute Gasteiger partial charge is 0.309 e. The molecule has 9 aromatic carbocycles. The van der Waals surface area contributed by atoms with Crippen LogP contribution in [-0.4, -0.2) is 19.5 Å². The molecule has 0 aliphatic rings. The first-order valence-electron chi connectivity index (χ1n) is 20.8. The second-order valence-electron chi connectivity index (χ2n) is 15.6. The molecular weight excluding hydrogens is 773 g/mol. The van der Waals surface area contributed by atoms with E-state index >= 15 is 0 Å². The van der Waals surface area contributed by atoms with Crippen LogP contribution in [0.2, 0.25) is 0 Å². The van der Waals surface area contributed by atoms with Crippen LogP contribution in [0.1, 0.15) is 0 Å². The van der Waals surface area contributed by atoms with Crippen molar-refractivity contribution in [2.45, 2.75) is 0 Å². The highest BCUT2D eigenvalue weighted by atomic mass is 32.1. The summed E-state index contributed by atoms with van der Waals surface area (Å²) in [6, 6.07) is 77.4. The lowest BCUT2D eigenvalue weighted by atomic mass is 10.0. The normalized spacial score (nSPS) is 11.5. The van der Waals surface area contributed by atoms with Crippen LogP contribution in [-0.2, 0) is 0 Å². The van der Waals surface area contributed by atoms with E-state index in [9.17, 15) is 0 Å². The first-order valence-corrected chi connectivity index (χ1v) is 21.7. The number of aromatic nitrogens is 4. The molecule has 0 aliphatic heterocycles. The summed E-state index contributed by atoms with van der Waals surface area (Å²) >= 11 is 1.87. The summed E-state index contributed by atoms with van der Waals surface area (Å²) in [6.07, 6.45) is 0. The van der Waals surface area contributed by atoms with Gasteiger partial charge in [0.15, 0.2) is 17.5 Å². The van der Waals surface area contributed by atoms with Crippen LogP contribution in [0.5, 0.6) is 0 Å². The Hall–Kier alpha value is -7.99. The van der Waals surface area contributed by atoms with Crippen molar-refractivity contribution in [1.29, 1.82) is 0 Å². The van der Waals surface area contributed by atoms with E-state index in [1.165, 1.54) is 30.9 Å². The number of thiophene rings is 1. The minimum absolute atomic E-state index is 0.604. The van der Waals surface area contributed by atoms with Gasteiger partial charge in [-0.2, -0.15) is 0 Å². The highest BCUT2D eigenvalue weighted by Gasteiger charge is 2.20. The van der Waals surface area contributed by atoms with Gasteiger partial charge in [-0.1, -0.05) is 170 Å². The molecule has 290 valence electrons. The number of para-hydroxylation sites is 1. The average Bonchev–Trinajstić information content (AvgIpc) is 3.91. The number of rotatable bonds is 7. The third kappa shape index (κ3) is 6.26. The van der Waals surface area contributed by atoms with Gasteiger partial charge in [0.2, 0.25) is 0 Å². The fraction of sp³-hybridized carbons (Fsp3) is 0. The summed E-state index contributed by atoms with van der Waals surface area (Å²) in [5.74, 6) is 1.83. The second kappa shape index (κ2) is 14.9. The average molecular weight is 809 g/mol. The van der Waals surface area contributed by atoms with E-state index in [0.717, 1.165) is 66.8 Å². The molecule has 0 atom stereocenters. The van der Waals surface area contributed by atoms with E-state index in [-0.39, 0.29) is 0 Å².